The van der Waals surface area contributed by atoms with Crippen LogP contribution in [0.15, 0.2) is 30.5 Å². The molecule has 1 aliphatic carbocycles. The predicted octanol–water partition coefficient (Wildman–Crippen LogP) is 2.39. The molecule has 1 aliphatic rings. The van der Waals surface area contributed by atoms with E-state index in [2.05, 4.69) is 10.3 Å². The molecule has 0 aliphatic heterocycles. The third kappa shape index (κ3) is 2.56. The van der Waals surface area contributed by atoms with Gasteiger partial charge in [0.15, 0.2) is 0 Å². The molecule has 2 N–H and O–H groups in total. The Labute approximate surface area is 118 Å². The maximum absolute atomic E-state index is 12.2. The van der Waals surface area contributed by atoms with Gasteiger partial charge in [0.05, 0.1) is 18.6 Å². The van der Waals surface area contributed by atoms with Crippen LogP contribution in [0.3, 0.4) is 0 Å². The van der Waals surface area contributed by atoms with Crippen LogP contribution in [0.5, 0.6) is 0 Å². The molecule has 1 aromatic heterocycles. The first-order chi connectivity index (χ1) is 9.78. The summed E-state index contributed by atoms with van der Waals surface area (Å²) in [4.78, 5) is 15.4. The maximum atomic E-state index is 12.2. The number of carbonyl (C=O) groups excluding carboxylic acids is 1. The van der Waals surface area contributed by atoms with Crippen LogP contribution in [0.2, 0.25) is 0 Å². The number of hydrogen-bond acceptors (Lipinski definition) is 2. The van der Waals surface area contributed by atoms with Gasteiger partial charge in [0.1, 0.15) is 0 Å². The second-order valence-electron chi connectivity index (χ2n) is 5.42. The van der Waals surface area contributed by atoms with E-state index < -0.39 is 0 Å². The lowest BCUT2D eigenvalue weighted by Crippen LogP contribution is -2.41. The van der Waals surface area contributed by atoms with E-state index in [1.54, 1.807) is 7.11 Å². The number of carbonyl (C=O) groups is 1. The van der Waals surface area contributed by atoms with Gasteiger partial charge in [-0.05, 0) is 30.9 Å². The summed E-state index contributed by atoms with van der Waals surface area (Å²) in [6.07, 6.45) is 5.68. The van der Waals surface area contributed by atoms with E-state index in [0.29, 0.717) is 6.42 Å². The summed E-state index contributed by atoms with van der Waals surface area (Å²) in [7, 11) is 1.72. The zero-order chi connectivity index (χ0) is 13.9. The second-order valence-corrected chi connectivity index (χ2v) is 5.42. The van der Waals surface area contributed by atoms with Crippen LogP contribution in [0.1, 0.15) is 24.8 Å². The van der Waals surface area contributed by atoms with Gasteiger partial charge in [-0.25, -0.2) is 0 Å². The standard InChI is InChI=1S/C16H20N2O2/c1-20-15-8-4-7-14(15)18-16(19)9-11-10-17-13-6-3-2-5-12(11)13/h2-3,5-6,10,14-15,17H,4,7-9H2,1H3,(H,18,19). The summed E-state index contributed by atoms with van der Waals surface area (Å²) in [5.74, 6) is 0.0729. The first-order valence-corrected chi connectivity index (χ1v) is 7.15. The van der Waals surface area contributed by atoms with Crippen LogP contribution >= 0.6 is 0 Å². The van der Waals surface area contributed by atoms with Crippen molar-refractivity contribution < 1.29 is 9.53 Å². The molecule has 4 nitrogen and oxygen atoms in total. The Bertz CT molecular complexity index is 605. The van der Waals surface area contributed by atoms with Gasteiger partial charge in [0, 0.05) is 24.2 Å². The largest absolute Gasteiger partial charge is 0.379 e. The quantitative estimate of drug-likeness (QED) is 0.898. The minimum Gasteiger partial charge on any atom is -0.379 e. The number of aromatic nitrogens is 1. The van der Waals surface area contributed by atoms with Crippen molar-refractivity contribution in [3.8, 4) is 0 Å². The number of ether oxygens (including phenoxy) is 1. The highest BCUT2D eigenvalue weighted by Crippen LogP contribution is 2.22. The number of benzene rings is 1. The van der Waals surface area contributed by atoms with Crippen LogP contribution < -0.4 is 5.32 Å². The molecule has 4 heteroatoms. The Hall–Kier alpha value is -1.81. The number of aromatic amines is 1. The number of hydrogen-bond donors (Lipinski definition) is 2. The summed E-state index contributed by atoms with van der Waals surface area (Å²) in [6, 6.07) is 8.22. The molecule has 1 amide bonds. The van der Waals surface area contributed by atoms with E-state index in [9.17, 15) is 4.79 Å². The molecule has 0 spiro atoms. The average Bonchev–Trinajstić information content (AvgIpc) is 3.06. The fourth-order valence-corrected chi connectivity index (χ4v) is 3.08. The van der Waals surface area contributed by atoms with Crippen LogP contribution in [0.4, 0.5) is 0 Å². The van der Waals surface area contributed by atoms with Crippen molar-refractivity contribution in [3.63, 3.8) is 0 Å². The Morgan fingerprint density at radius 1 is 1.40 bits per heavy atom. The van der Waals surface area contributed by atoms with Gasteiger partial charge >= 0.3 is 0 Å². The molecule has 1 aromatic carbocycles. The number of nitrogens with one attached hydrogen (secondary N) is 2. The van der Waals surface area contributed by atoms with E-state index >= 15 is 0 Å². The molecule has 20 heavy (non-hydrogen) atoms. The maximum Gasteiger partial charge on any atom is 0.224 e. The van der Waals surface area contributed by atoms with Gasteiger partial charge in [-0.3, -0.25) is 4.79 Å². The zero-order valence-corrected chi connectivity index (χ0v) is 11.7. The molecular weight excluding hydrogens is 252 g/mol. The number of H-pyrrole nitrogens is 1. The monoisotopic (exact) mass is 272 g/mol. The highest BCUT2D eigenvalue weighted by molar-refractivity contribution is 5.88. The van der Waals surface area contributed by atoms with Crippen molar-refractivity contribution in [1.29, 1.82) is 0 Å². The van der Waals surface area contributed by atoms with E-state index in [1.807, 2.05) is 30.5 Å². The fourth-order valence-electron chi connectivity index (χ4n) is 3.08. The minimum absolute atomic E-state index is 0.0729. The lowest BCUT2D eigenvalue weighted by Gasteiger charge is -2.19. The molecular formula is C16H20N2O2. The highest BCUT2D eigenvalue weighted by Gasteiger charge is 2.28. The molecule has 2 unspecified atom stereocenters. The van der Waals surface area contributed by atoms with Crippen molar-refractivity contribution in [3.05, 3.63) is 36.0 Å². The SMILES string of the molecule is COC1CCCC1NC(=O)Cc1c[nH]c2ccccc12. The molecule has 1 heterocycles. The Morgan fingerprint density at radius 2 is 2.25 bits per heavy atom. The Morgan fingerprint density at radius 3 is 3.10 bits per heavy atom. The van der Waals surface area contributed by atoms with Crippen molar-refractivity contribution in [1.82, 2.24) is 10.3 Å². The Balaban J connectivity index is 1.67. The van der Waals surface area contributed by atoms with E-state index in [1.165, 1.54) is 0 Å². The molecule has 3 rings (SSSR count). The van der Waals surface area contributed by atoms with Crippen LogP contribution in [0.25, 0.3) is 10.9 Å². The molecule has 0 bridgehead atoms. The van der Waals surface area contributed by atoms with Gasteiger partial charge in [-0.2, -0.15) is 0 Å². The molecule has 0 saturated heterocycles. The number of fused-ring (bicyclic) bond motifs is 1. The van der Waals surface area contributed by atoms with Crippen LogP contribution in [-0.2, 0) is 16.0 Å². The third-order valence-corrected chi connectivity index (χ3v) is 4.13. The van der Waals surface area contributed by atoms with Crippen LogP contribution in [-0.4, -0.2) is 30.1 Å². The van der Waals surface area contributed by atoms with E-state index in [4.69, 9.17) is 4.74 Å². The highest BCUT2D eigenvalue weighted by atomic mass is 16.5. The lowest BCUT2D eigenvalue weighted by molar-refractivity contribution is -0.121. The summed E-state index contributed by atoms with van der Waals surface area (Å²) in [6.45, 7) is 0. The normalized spacial score (nSPS) is 22.2. The van der Waals surface area contributed by atoms with Gasteiger partial charge in [0.2, 0.25) is 5.91 Å². The third-order valence-electron chi connectivity index (χ3n) is 4.13. The summed E-state index contributed by atoms with van der Waals surface area (Å²) < 4.78 is 5.41. The molecule has 1 saturated carbocycles. The van der Waals surface area contributed by atoms with Gasteiger partial charge < -0.3 is 15.0 Å². The number of para-hydroxylation sites is 1. The first kappa shape index (κ1) is 13.2. The molecule has 0 radical (unpaired) electrons. The minimum atomic E-state index is 0.0729. The zero-order valence-electron chi connectivity index (χ0n) is 11.7. The summed E-state index contributed by atoms with van der Waals surface area (Å²) in [5, 5.41) is 4.23. The molecule has 2 aromatic rings. The van der Waals surface area contributed by atoms with Gasteiger partial charge in [0.25, 0.3) is 0 Å². The number of methoxy groups -OCH3 is 1. The second kappa shape index (κ2) is 5.67. The first-order valence-electron chi connectivity index (χ1n) is 7.15. The Kier molecular flexibility index (Phi) is 3.74. The molecule has 2 atom stereocenters. The van der Waals surface area contributed by atoms with Crippen molar-refractivity contribution in [2.45, 2.75) is 37.8 Å². The summed E-state index contributed by atoms with van der Waals surface area (Å²) >= 11 is 0. The summed E-state index contributed by atoms with van der Waals surface area (Å²) in [5.41, 5.74) is 2.12. The van der Waals surface area contributed by atoms with Crippen molar-refractivity contribution in [2.75, 3.05) is 7.11 Å². The number of amides is 1. The lowest BCUT2D eigenvalue weighted by atomic mass is 10.1. The fraction of sp³-hybridized carbons (Fsp3) is 0.438. The topological polar surface area (TPSA) is 54.1 Å². The average molecular weight is 272 g/mol. The van der Waals surface area contributed by atoms with Crippen molar-refractivity contribution >= 4 is 16.8 Å². The van der Waals surface area contributed by atoms with E-state index in [0.717, 1.165) is 35.7 Å². The van der Waals surface area contributed by atoms with Crippen molar-refractivity contribution in [2.24, 2.45) is 0 Å². The smallest absolute Gasteiger partial charge is 0.224 e. The molecule has 1 fully saturated rings. The van der Waals surface area contributed by atoms with Gasteiger partial charge in [-0.1, -0.05) is 18.2 Å². The molecule has 106 valence electrons. The number of rotatable bonds is 4. The predicted molar refractivity (Wildman–Crippen MR) is 78.6 cm³/mol. The van der Waals surface area contributed by atoms with E-state index in [-0.39, 0.29) is 18.1 Å². The van der Waals surface area contributed by atoms with Gasteiger partial charge in [-0.15, -0.1) is 0 Å². The van der Waals surface area contributed by atoms with Crippen LogP contribution in [0, 0.1) is 0 Å².